The molecule has 0 fully saturated rings. The van der Waals surface area contributed by atoms with Gasteiger partial charge in [0.15, 0.2) is 6.10 Å². The third-order valence-corrected chi connectivity index (χ3v) is 19.4. The number of phosphoric ester groups is 1. The highest BCUT2D eigenvalue weighted by Crippen LogP contribution is 2.43. The van der Waals surface area contributed by atoms with E-state index in [4.69, 9.17) is 24.3 Å². The number of ether oxygens (including phenoxy) is 2. The average molecular weight is 1330 g/mol. The van der Waals surface area contributed by atoms with Crippen molar-refractivity contribution in [1.82, 2.24) is 0 Å². The summed E-state index contributed by atoms with van der Waals surface area (Å²) in [6, 6.07) is 0. The van der Waals surface area contributed by atoms with Crippen molar-refractivity contribution in [2.24, 2.45) is 5.73 Å². The lowest BCUT2D eigenvalue weighted by Crippen LogP contribution is -2.29. The summed E-state index contributed by atoms with van der Waals surface area (Å²) in [5.74, 6) is -0.802. The van der Waals surface area contributed by atoms with E-state index in [-0.39, 0.29) is 38.6 Å². The third kappa shape index (κ3) is 78.6. The monoisotopic (exact) mass is 1330 g/mol. The number of esters is 2. The van der Waals surface area contributed by atoms with Crippen LogP contribution in [0.2, 0.25) is 0 Å². The highest BCUT2D eigenvalue weighted by atomic mass is 31.2. The maximum atomic E-state index is 12.8. The Labute approximate surface area is 578 Å². The fourth-order valence-corrected chi connectivity index (χ4v) is 13.2. The fourth-order valence-electron chi connectivity index (χ4n) is 12.4. The summed E-state index contributed by atoms with van der Waals surface area (Å²) in [5, 5.41) is 0. The van der Waals surface area contributed by atoms with Gasteiger partial charge >= 0.3 is 19.8 Å². The van der Waals surface area contributed by atoms with E-state index in [1.807, 2.05) is 0 Å². The molecule has 2 unspecified atom stereocenters. The molecular formula is C83H156NO8P. The van der Waals surface area contributed by atoms with Crippen LogP contribution >= 0.6 is 7.82 Å². The maximum Gasteiger partial charge on any atom is 0.472 e. The summed E-state index contributed by atoms with van der Waals surface area (Å²) in [4.78, 5) is 35.5. The Hall–Kier alpha value is -2.29. The van der Waals surface area contributed by atoms with E-state index in [2.05, 4.69) is 74.6 Å². The Morgan fingerprint density at radius 3 is 0.892 bits per heavy atom. The van der Waals surface area contributed by atoms with Crippen molar-refractivity contribution in [2.75, 3.05) is 26.4 Å². The molecule has 546 valence electrons. The van der Waals surface area contributed by atoms with Crippen molar-refractivity contribution in [3.05, 3.63) is 60.8 Å². The number of hydrogen-bond acceptors (Lipinski definition) is 8. The second kappa shape index (κ2) is 78.7. The Bertz CT molecular complexity index is 1710. The number of allylic oxidation sites excluding steroid dienone is 10. The van der Waals surface area contributed by atoms with Crippen LogP contribution in [0.5, 0.6) is 0 Å². The van der Waals surface area contributed by atoms with Crippen LogP contribution in [0, 0.1) is 0 Å². The molecule has 0 saturated carbocycles. The average Bonchev–Trinajstić information content (AvgIpc) is 3.70. The topological polar surface area (TPSA) is 134 Å². The lowest BCUT2D eigenvalue weighted by molar-refractivity contribution is -0.161. The Morgan fingerprint density at radius 2 is 0.591 bits per heavy atom. The van der Waals surface area contributed by atoms with Crippen molar-refractivity contribution in [3.63, 3.8) is 0 Å². The van der Waals surface area contributed by atoms with Crippen LogP contribution in [-0.4, -0.2) is 49.3 Å². The summed E-state index contributed by atoms with van der Waals surface area (Å²) in [6.45, 7) is 3.71. The molecule has 93 heavy (non-hydrogen) atoms. The molecule has 0 aromatic heterocycles. The number of phosphoric acid groups is 1. The normalized spacial score (nSPS) is 13.1. The van der Waals surface area contributed by atoms with E-state index < -0.39 is 26.5 Å². The van der Waals surface area contributed by atoms with Gasteiger partial charge in [-0.05, 0) is 77.0 Å². The zero-order chi connectivity index (χ0) is 67.2. The molecule has 10 heteroatoms. The van der Waals surface area contributed by atoms with Crippen molar-refractivity contribution in [1.29, 1.82) is 0 Å². The minimum absolute atomic E-state index is 0.0557. The molecule has 0 heterocycles. The number of carbonyl (C=O) groups excluding carboxylic acids is 2. The van der Waals surface area contributed by atoms with Gasteiger partial charge in [-0.1, -0.05) is 396 Å². The largest absolute Gasteiger partial charge is 0.472 e. The second-order valence-corrected chi connectivity index (χ2v) is 29.1. The SMILES string of the molecule is CC/C=C\C/C=C\C/C=C\C/C=C\CCCCCCCCCCCCCCCCCCCCCCCCC(=O)OC(COC(=O)CCCCCCCCCCCCCCCCCCCCCCCCCCC/C=C\CCCCCCCCCC)COP(=O)(O)OCCN. The van der Waals surface area contributed by atoms with E-state index in [9.17, 15) is 19.0 Å². The van der Waals surface area contributed by atoms with Gasteiger partial charge in [0, 0.05) is 19.4 Å². The molecule has 0 bridgehead atoms. The second-order valence-electron chi connectivity index (χ2n) is 27.6. The van der Waals surface area contributed by atoms with E-state index in [0.29, 0.717) is 6.42 Å². The van der Waals surface area contributed by atoms with Crippen LogP contribution in [0.1, 0.15) is 425 Å². The smallest absolute Gasteiger partial charge is 0.462 e. The molecule has 3 N–H and O–H groups in total. The summed E-state index contributed by atoms with van der Waals surface area (Å²) >= 11 is 0. The molecule has 0 radical (unpaired) electrons. The molecule has 0 aromatic rings. The van der Waals surface area contributed by atoms with Gasteiger partial charge in [-0.2, -0.15) is 0 Å². The molecule has 2 atom stereocenters. The first-order valence-electron chi connectivity index (χ1n) is 40.8. The Morgan fingerprint density at radius 1 is 0.333 bits per heavy atom. The Kier molecular flexibility index (Phi) is 76.8. The zero-order valence-electron chi connectivity index (χ0n) is 61.8. The van der Waals surface area contributed by atoms with Gasteiger partial charge in [0.25, 0.3) is 0 Å². The predicted octanol–water partition coefficient (Wildman–Crippen LogP) is 27.3. The van der Waals surface area contributed by atoms with Crippen LogP contribution in [0.25, 0.3) is 0 Å². The van der Waals surface area contributed by atoms with Crippen LogP contribution in [-0.2, 0) is 32.7 Å². The molecule has 0 spiro atoms. The first-order valence-corrected chi connectivity index (χ1v) is 42.3. The number of rotatable bonds is 78. The minimum atomic E-state index is -4.40. The van der Waals surface area contributed by atoms with Crippen LogP contribution in [0.15, 0.2) is 60.8 Å². The van der Waals surface area contributed by atoms with Gasteiger partial charge < -0.3 is 20.1 Å². The van der Waals surface area contributed by atoms with Crippen molar-refractivity contribution in [2.45, 2.75) is 431 Å². The summed E-state index contributed by atoms with van der Waals surface area (Å²) < 4.78 is 33.3. The van der Waals surface area contributed by atoms with Gasteiger partial charge in [0.05, 0.1) is 13.2 Å². The van der Waals surface area contributed by atoms with E-state index in [1.165, 1.54) is 334 Å². The predicted molar refractivity (Wildman–Crippen MR) is 404 cm³/mol. The van der Waals surface area contributed by atoms with Crippen LogP contribution in [0.4, 0.5) is 0 Å². The van der Waals surface area contributed by atoms with E-state index in [1.54, 1.807) is 0 Å². The summed E-state index contributed by atoms with van der Waals surface area (Å²) in [5.41, 5.74) is 5.42. The highest BCUT2D eigenvalue weighted by molar-refractivity contribution is 7.47. The zero-order valence-corrected chi connectivity index (χ0v) is 62.7. The molecule has 0 rings (SSSR count). The minimum Gasteiger partial charge on any atom is -0.462 e. The van der Waals surface area contributed by atoms with Gasteiger partial charge in [0.1, 0.15) is 6.61 Å². The number of hydrogen-bond donors (Lipinski definition) is 2. The van der Waals surface area contributed by atoms with Crippen molar-refractivity contribution >= 4 is 19.8 Å². The van der Waals surface area contributed by atoms with Gasteiger partial charge in [-0.3, -0.25) is 18.6 Å². The first-order chi connectivity index (χ1) is 45.8. The Balaban J connectivity index is 3.74. The molecule has 0 amide bonds. The molecule has 0 aliphatic rings. The molecule has 0 aliphatic heterocycles. The van der Waals surface area contributed by atoms with Crippen LogP contribution in [0.3, 0.4) is 0 Å². The molecular weight excluding hydrogens is 1170 g/mol. The van der Waals surface area contributed by atoms with Gasteiger partial charge in [0.2, 0.25) is 0 Å². The third-order valence-electron chi connectivity index (χ3n) is 18.4. The number of unbranched alkanes of at least 4 members (excludes halogenated alkanes) is 55. The summed E-state index contributed by atoms with van der Waals surface area (Å²) in [6.07, 6.45) is 104. The van der Waals surface area contributed by atoms with E-state index in [0.717, 1.165) is 57.8 Å². The van der Waals surface area contributed by atoms with Crippen molar-refractivity contribution in [3.8, 4) is 0 Å². The lowest BCUT2D eigenvalue weighted by atomic mass is 10.0. The molecule has 0 aromatic carbocycles. The highest BCUT2D eigenvalue weighted by Gasteiger charge is 2.26. The van der Waals surface area contributed by atoms with Gasteiger partial charge in [-0.25, -0.2) is 4.57 Å². The maximum absolute atomic E-state index is 12.8. The molecule has 0 saturated heterocycles. The molecule has 0 aliphatic carbocycles. The quantitative estimate of drug-likeness (QED) is 0.0264. The lowest BCUT2D eigenvalue weighted by Gasteiger charge is -2.19. The standard InChI is InChI=1S/C83H156NO8P/c1-3-5-7-9-11-13-15-17-19-21-23-25-27-29-31-33-35-37-39-40-42-43-45-47-49-51-53-55-57-59-61-63-65-67-69-71-73-75-82(85)89-79-81(80-91-93(87,88)90-78-77-84)92-83(86)76-74-72-70-68-66-64-62-60-58-56-54-52-50-48-46-44-41-38-36-34-32-30-28-26-24-22-20-18-16-14-12-10-8-6-4-2/h6,8,12,14,18,20-21,23-24,26,81H,3-5,7,9-11,13,15-17,19,22,25,27-80,84H2,1-2H3,(H,87,88)/b8-6-,14-12-,20-18-,23-21-,26-24-. The summed E-state index contributed by atoms with van der Waals surface area (Å²) in [7, 11) is -4.40. The van der Waals surface area contributed by atoms with Crippen molar-refractivity contribution < 1.29 is 37.6 Å². The molecule has 9 nitrogen and oxygen atoms in total. The number of carbonyl (C=O) groups is 2. The van der Waals surface area contributed by atoms with Gasteiger partial charge in [-0.15, -0.1) is 0 Å². The number of nitrogens with two attached hydrogens (primary N) is 1. The van der Waals surface area contributed by atoms with E-state index >= 15 is 0 Å². The van der Waals surface area contributed by atoms with Crippen LogP contribution < -0.4 is 5.73 Å². The first kappa shape index (κ1) is 90.7. The fraction of sp³-hybridized carbons (Fsp3) is 0.855.